The van der Waals surface area contributed by atoms with Crippen molar-refractivity contribution in [2.45, 2.75) is 155 Å². The molecule has 0 unspecified atom stereocenters. The van der Waals surface area contributed by atoms with Crippen molar-refractivity contribution < 1.29 is 52.3 Å². The summed E-state index contributed by atoms with van der Waals surface area (Å²) in [6.45, 7) is 16.7. The van der Waals surface area contributed by atoms with E-state index in [2.05, 4.69) is 12.1 Å². The largest absolute Gasteiger partial charge is 0.496 e. The van der Waals surface area contributed by atoms with Crippen LogP contribution in [0.15, 0.2) is 36.1 Å². The first-order chi connectivity index (χ1) is 29.3. The third-order valence-corrected chi connectivity index (χ3v) is 13.8. The Balaban J connectivity index is 0.000000186. The second kappa shape index (κ2) is 18.9. The molecule has 0 atom stereocenters. The summed E-state index contributed by atoms with van der Waals surface area (Å²) < 4.78 is 41.1. The van der Waals surface area contributed by atoms with Gasteiger partial charge in [-0.05, 0) is 157 Å². The van der Waals surface area contributed by atoms with Crippen LogP contribution in [0.25, 0.3) is 11.1 Å². The summed E-state index contributed by atoms with van der Waals surface area (Å²) in [5.41, 5.74) is 5.04. The number of ether oxygens (including phenoxy) is 7. The number of esters is 3. The molecule has 11 nitrogen and oxygen atoms in total. The molecule has 2 aromatic rings. The summed E-state index contributed by atoms with van der Waals surface area (Å²) in [6.07, 6.45) is 12.8. The lowest BCUT2D eigenvalue weighted by molar-refractivity contribution is -0.162. The van der Waals surface area contributed by atoms with Crippen LogP contribution in [0.1, 0.15) is 138 Å². The second-order valence-electron chi connectivity index (χ2n) is 18.7. The Morgan fingerprint density at radius 1 is 0.645 bits per heavy atom. The molecule has 338 valence electrons. The van der Waals surface area contributed by atoms with E-state index < -0.39 is 17.2 Å². The molecule has 0 radical (unpaired) electrons. The molecule has 2 aromatic carbocycles. The summed E-state index contributed by atoms with van der Waals surface area (Å²) >= 11 is 4.97. The molecule has 8 rings (SSSR count). The Hall–Kier alpha value is -4.19. The van der Waals surface area contributed by atoms with E-state index in [9.17, 15) is 19.2 Å². The fourth-order valence-electron chi connectivity index (χ4n) is 9.90. The van der Waals surface area contributed by atoms with E-state index in [1.54, 1.807) is 41.9 Å². The third kappa shape index (κ3) is 9.80. The van der Waals surface area contributed by atoms with Crippen LogP contribution in [0.2, 0.25) is 0 Å². The number of hydrogen-bond acceptors (Lipinski definition) is 11. The molecule has 0 aromatic heterocycles. The van der Waals surface area contributed by atoms with Gasteiger partial charge in [0.15, 0.2) is 11.4 Å². The molecule has 12 heteroatoms. The third-order valence-electron chi connectivity index (χ3n) is 13.4. The van der Waals surface area contributed by atoms with E-state index in [0.29, 0.717) is 41.1 Å². The van der Waals surface area contributed by atoms with Gasteiger partial charge in [0, 0.05) is 30.3 Å². The van der Waals surface area contributed by atoms with Gasteiger partial charge < -0.3 is 33.2 Å². The minimum Gasteiger partial charge on any atom is -0.496 e. The fraction of sp³-hybridized carbons (Fsp3) is 0.600. The summed E-state index contributed by atoms with van der Waals surface area (Å²) in [7, 11) is 3.23. The lowest BCUT2D eigenvalue weighted by atomic mass is 9.73. The van der Waals surface area contributed by atoms with Crippen LogP contribution in [0, 0.1) is 39.5 Å². The SMILES string of the molecule is CC(C)C(=O)Cl.COc1cc(C)cc(C)c1C1=C(OC(=O)C(C)C)C2(CCC3(CCCO3)CC2)OC1=O.COc1cc(C)cc(C)c1C1=CC2(CCC3(CCCO3)CC2)OC1=O. The monoisotopic (exact) mass is 876 g/mol. The first-order valence-corrected chi connectivity index (χ1v) is 22.6. The van der Waals surface area contributed by atoms with Gasteiger partial charge in [-0.25, -0.2) is 9.59 Å². The maximum absolute atomic E-state index is 13.3. The number of benzene rings is 2. The molecule has 0 N–H and O–H groups in total. The Labute approximate surface area is 372 Å². The zero-order chi connectivity index (χ0) is 45.2. The number of rotatable bonds is 7. The molecule has 2 saturated heterocycles. The fourth-order valence-corrected chi connectivity index (χ4v) is 9.90. The lowest BCUT2D eigenvalue weighted by Crippen LogP contribution is -2.45. The maximum atomic E-state index is 13.3. The number of carbonyl (C=O) groups is 4. The van der Waals surface area contributed by atoms with Crippen LogP contribution < -0.4 is 9.47 Å². The molecule has 0 bridgehead atoms. The molecule has 0 amide bonds. The van der Waals surface area contributed by atoms with Crippen molar-refractivity contribution in [1.29, 1.82) is 0 Å². The highest BCUT2D eigenvalue weighted by Gasteiger charge is 2.56. The topological polar surface area (TPSA) is 133 Å². The van der Waals surface area contributed by atoms with E-state index in [-0.39, 0.29) is 40.2 Å². The van der Waals surface area contributed by atoms with Crippen LogP contribution in [-0.4, -0.2) is 73.0 Å². The van der Waals surface area contributed by atoms with Crippen LogP contribution in [0.4, 0.5) is 0 Å². The molecular weight excluding hydrogens is 812 g/mol. The van der Waals surface area contributed by atoms with Crippen molar-refractivity contribution in [3.05, 3.63) is 69.5 Å². The van der Waals surface area contributed by atoms with Gasteiger partial charge in [0.25, 0.3) is 0 Å². The molecule has 4 heterocycles. The normalized spacial score (nSPS) is 27.6. The number of halogens is 1. The highest BCUT2D eigenvalue weighted by atomic mass is 35.5. The first-order valence-electron chi connectivity index (χ1n) is 22.2. The molecule has 2 saturated carbocycles. The highest BCUT2D eigenvalue weighted by molar-refractivity contribution is 6.63. The standard InChI is InChI=1S/C25H32O6.C21H26O4.C4H7ClO/c1-15(2)22(26)30-21-20(19-17(4)13-16(3)14-18(19)28-5)23(27)31-25(21)10-8-24(9-11-25)7-6-12-29-24;1-14-11-15(2)18(17(12-14)23-3)16-13-21(25-19(16)22)8-6-20(7-9-21)5-4-10-24-20;1-3(2)4(5)6/h13-15H,6-12H2,1-5H3;11-13H,4-10H2,1-3H3;3H,1-2H3. The molecule has 2 aliphatic carbocycles. The number of methoxy groups -OCH3 is 2. The summed E-state index contributed by atoms with van der Waals surface area (Å²) in [4.78, 5) is 48.5. The minimum absolute atomic E-state index is 0.0216. The maximum Gasteiger partial charge on any atom is 0.343 e. The van der Waals surface area contributed by atoms with Crippen molar-refractivity contribution in [3.63, 3.8) is 0 Å². The van der Waals surface area contributed by atoms with Gasteiger partial charge in [-0.3, -0.25) is 9.59 Å². The predicted molar refractivity (Wildman–Crippen MR) is 237 cm³/mol. The van der Waals surface area contributed by atoms with Crippen LogP contribution in [0.3, 0.4) is 0 Å². The molecule has 4 aliphatic heterocycles. The van der Waals surface area contributed by atoms with E-state index in [1.165, 1.54) is 0 Å². The Kier molecular flexibility index (Phi) is 14.4. The van der Waals surface area contributed by atoms with E-state index >= 15 is 0 Å². The van der Waals surface area contributed by atoms with Crippen molar-refractivity contribution in [2.24, 2.45) is 11.8 Å². The smallest absolute Gasteiger partial charge is 0.343 e. The average Bonchev–Trinajstić information content (AvgIpc) is 4.01. The number of hydrogen-bond donors (Lipinski definition) is 0. The Bertz CT molecular complexity index is 2100. The van der Waals surface area contributed by atoms with Gasteiger partial charge in [0.1, 0.15) is 22.7 Å². The summed E-state index contributed by atoms with van der Waals surface area (Å²) in [5, 5.41) is -0.269. The molecule has 62 heavy (non-hydrogen) atoms. The van der Waals surface area contributed by atoms with Crippen LogP contribution in [0.5, 0.6) is 11.5 Å². The van der Waals surface area contributed by atoms with Gasteiger partial charge in [-0.15, -0.1) is 0 Å². The van der Waals surface area contributed by atoms with Crippen LogP contribution in [-0.2, 0) is 42.9 Å². The van der Waals surface area contributed by atoms with Gasteiger partial charge in [-0.1, -0.05) is 39.8 Å². The minimum atomic E-state index is -0.934. The van der Waals surface area contributed by atoms with Gasteiger partial charge in [0.2, 0.25) is 5.24 Å². The summed E-state index contributed by atoms with van der Waals surface area (Å²) in [5.74, 6) is 0.256. The second-order valence-corrected chi connectivity index (χ2v) is 19.1. The zero-order valence-corrected chi connectivity index (χ0v) is 39.1. The Morgan fingerprint density at radius 2 is 1.13 bits per heavy atom. The zero-order valence-electron chi connectivity index (χ0n) is 38.3. The van der Waals surface area contributed by atoms with Crippen molar-refractivity contribution >= 4 is 45.9 Å². The van der Waals surface area contributed by atoms with E-state index in [1.807, 2.05) is 45.9 Å². The highest BCUT2D eigenvalue weighted by Crippen LogP contribution is 2.54. The summed E-state index contributed by atoms with van der Waals surface area (Å²) in [6, 6.07) is 7.94. The first kappa shape index (κ1) is 47.3. The number of carbonyl (C=O) groups excluding carboxylic acids is 4. The van der Waals surface area contributed by atoms with E-state index in [4.69, 9.17) is 44.8 Å². The van der Waals surface area contributed by atoms with Crippen molar-refractivity contribution in [2.75, 3.05) is 27.4 Å². The predicted octanol–water partition coefficient (Wildman–Crippen LogP) is 10.2. The molecule has 4 fully saturated rings. The van der Waals surface area contributed by atoms with Gasteiger partial charge in [-0.2, -0.15) is 0 Å². The Morgan fingerprint density at radius 3 is 1.58 bits per heavy atom. The van der Waals surface area contributed by atoms with Gasteiger partial charge >= 0.3 is 17.9 Å². The van der Waals surface area contributed by atoms with Crippen LogP contribution >= 0.6 is 11.6 Å². The van der Waals surface area contributed by atoms with Gasteiger partial charge in [0.05, 0.1) is 36.9 Å². The average molecular weight is 878 g/mol. The molecule has 6 aliphatic rings. The van der Waals surface area contributed by atoms with Crippen molar-refractivity contribution in [3.8, 4) is 11.5 Å². The lowest BCUT2D eigenvalue weighted by Gasteiger charge is -2.41. The molecule has 4 spiro atoms. The van der Waals surface area contributed by atoms with E-state index in [0.717, 1.165) is 111 Å². The number of aryl methyl sites for hydroxylation is 4. The quantitative estimate of drug-likeness (QED) is 0.150. The molecular formula is C50H65ClO11. The van der Waals surface area contributed by atoms with Crippen molar-refractivity contribution in [1.82, 2.24) is 0 Å².